The third-order valence-corrected chi connectivity index (χ3v) is 6.46. The summed E-state index contributed by atoms with van der Waals surface area (Å²) >= 11 is 0. The van der Waals surface area contributed by atoms with E-state index in [1.54, 1.807) is 22.8 Å². The number of rotatable bonds is 8. The number of carbonyl (C=O) groups excluding carboxylic acids is 1. The minimum absolute atomic E-state index is 0.112. The van der Waals surface area contributed by atoms with E-state index in [0.717, 1.165) is 34.5 Å². The molecule has 0 saturated heterocycles. The molecule has 0 spiro atoms. The number of nitrogens with one attached hydrogen (secondary N) is 2. The summed E-state index contributed by atoms with van der Waals surface area (Å²) in [5.74, 6) is 0.762. The largest absolute Gasteiger partial charge is 0.334 e. The van der Waals surface area contributed by atoms with E-state index in [9.17, 15) is 9.59 Å². The fourth-order valence-corrected chi connectivity index (χ4v) is 4.49. The maximum Gasteiger partial charge on any atom is 0.319 e. The molecular weight excluding hydrogens is 472 g/mol. The van der Waals surface area contributed by atoms with E-state index in [1.165, 1.54) is 0 Å². The molecule has 0 unspecified atom stereocenters. The molecule has 2 amide bonds. The number of urea groups is 1. The number of aryl methyl sites for hydroxylation is 1. The Bertz CT molecular complexity index is 1590. The first-order valence-electron chi connectivity index (χ1n) is 12.9. The van der Waals surface area contributed by atoms with E-state index in [-0.39, 0.29) is 11.6 Å². The number of aromatic nitrogens is 2. The Hall–Kier alpha value is -4.71. The molecule has 6 nitrogen and oxygen atoms in total. The summed E-state index contributed by atoms with van der Waals surface area (Å²) in [5, 5.41) is 6.16. The molecule has 0 radical (unpaired) electrons. The first-order valence-corrected chi connectivity index (χ1v) is 12.9. The van der Waals surface area contributed by atoms with Gasteiger partial charge in [-0.15, -0.1) is 0 Å². The number of amides is 2. The number of anilines is 1. The van der Waals surface area contributed by atoms with Crippen LogP contribution in [-0.4, -0.2) is 15.6 Å². The highest BCUT2D eigenvalue weighted by Crippen LogP contribution is 2.21. The summed E-state index contributed by atoms with van der Waals surface area (Å²) < 4.78 is 1.75. The van der Waals surface area contributed by atoms with Crippen LogP contribution in [0.15, 0.2) is 108 Å². The molecule has 5 rings (SSSR count). The monoisotopic (exact) mass is 502 g/mol. The predicted octanol–water partition coefficient (Wildman–Crippen LogP) is 6.39. The summed E-state index contributed by atoms with van der Waals surface area (Å²) in [6.45, 7) is 2.93. The summed E-state index contributed by atoms with van der Waals surface area (Å²) in [6, 6.07) is 33.2. The molecule has 0 aliphatic heterocycles. The molecule has 2 N–H and O–H groups in total. The number of hydrogen-bond acceptors (Lipinski definition) is 3. The Labute approximate surface area is 222 Å². The van der Waals surface area contributed by atoms with Gasteiger partial charge in [-0.2, -0.15) is 0 Å². The summed E-state index contributed by atoms with van der Waals surface area (Å²) in [7, 11) is 0. The van der Waals surface area contributed by atoms with Gasteiger partial charge in [-0.1, -0.05) is 91.9 Å². The van der Waals surface area contributed by atoms with Crippen LogP contribution < -0.4 is 16.2 Å². The lowest BCUT2D eigenvalue weighted by atomic mass is 10.0. The van der Waals surface area contributed by atoms with Gasteiger partial charge in [0.25, 0.3) is 5.56 Å². The highest BCUT2D eigenvalue weighted by Gasteiger charge is 2.13. The molecule has 190 valence electrons. The zero-order valence-corrected chi connectivity index (χ0v) is 21.4. The molecule has 0 atom stereocenters. The van der Waals surface area contributed by atoms with Crippen LogP contribution in [0.5, 0.6) is 0 Å². The van der Waals surface area contributed by atoms with Crippen molar-refractivity contribution >= 4 is 22.6 Å². The minimum Gasteiger partial charge on any atom is -0.334 e. The standard InChI is InChI=1S/C32H30N4O2/c1-2-9-30-35-29-19-18-27(34-32(38)33-21-23-10-5-3-6-11-23)20-28(29)31(37)36(30)22-24-14-16-26(17-15-24)25-12-7-4-8-13-25/h3-8,10-20H,2,9,21-22H2,1H3,(H2,33,34,38). The molecule has 6 heteroatoms. The summed E-state index contributed by atoms with van der Waals surface area (Å²) in [4.78, 5) is 30.9. The second-order valence-corrected chi connectivity index (χ2v) is 9.26. The number of benzene rings is 4. The quantitative estimate of drug-likeness (QED) is 0.258. The fraction of sp³-hybridized carbons (Fsp3) is 0.156. The van der Waals surface area contributed by atoms with E-state index in [1.807, 2.05) is 48.5 Å². The molecule has 5 aromatic rings. The van der Waals surface area contributed by atoms with Crippen LogP contribution >= 0.6 is 0 Å². The normalized spacial score (nSPS) is 10.9. The number of fused-ring (bicyclic) bond motifs is 1. The molecule has 4 aromatic carbocycles. The first-order chi connectivity index (χ1) is 18.6. The van der Waals surface area contributed by atoms with E-state index in [0.29, 0.717) is 36.1 Å². The molecule has 1 heterocycles. The number of nitrogens with zero attached hydrogens (tertiary/aromatic N) is 2. The second-order valence-electron chi connectivity index (χ2n) is 9.26. The Kier molecular flexibility index (Phi) is 7.59. The maximum atomic E-state index is 13.7. The average Bonchev–Trinajstić information content (AvgIpc) is 2.96. The molecule has 0 aliphatic carbocycles. The smallest absolute Gasteiger partial charge is 0.319 e. The highest BCUT2D eigenvalue weighted by molar-refractivity contribution is 5.92. The minimum atomic E-state index is -0.331. The lowest BCUT2D eigenvalue weighted by Crippen LogP contribution is -2.28. The van der Waals surface area contributed by atoms with Crippen LogP contribution in [-0.2, 0) is 19.5 Å². The maximum absolute atomic E-state index is 13.7. The van der Waals surface area contributed by atoms with Crippen LogP contribution in [0.2, 0.25) is 0 Å². The number of hydrogen-bond donors (Lipinski definition) is 2. The van der Waals surface area contributed by atoms with Crippen molar-refractivity contribution in [3.8, 4) is 11.1 Å². The van der Waals surface area contributed by atoms with E-state index in [4.69, 9.17) is 4.98 Å². The van der Waals surface area contributed by atoms with Gasteiger partial charge in [-0.05, 0) is 46.9 Å². The Morgan fingerprint density at radius 3 is 2.21 bits per heavy atom. The molecule has 0 aliphatic rings. The Morgan fingerprint density at radius 2 is 1.50 bits per heavy atom. The molecule has 1 aromatic heterocycles. The van der Waals surface area contributed by atoms with E-state index in [2.05, 4.69) is 54.0 Å². The lowest BCUT2D eigenvalue weighted by Gasteiger charge is -2.15. The summed E-state index contributed by atoms with van der Waals surface area (Å²) in [6.07, 6.45) is 1.58. The molecule has 0 saturated carbocycles. The van der Waals surface area contributed by atoms with Crippen LogP contribution in [0, 0.1) is 0 Å². The van der Waals surface area contributed by atoms with Crippen molar-refractivity contribution in [3.63, 3.8) is 0 Å². The van der Waals surface area contributed by atoms with Gasteiger partial charge in [-0.3, -0.25) is 9.36 Å². The first kappa shape index (κ1) is 25.0. The van der Waals surface area contributed by atoms with Crippen LogP contribution in [0.25, 0.3) is 22.0 Å². The third-order valence-electron chi connectivity index (χ3n) is 6.46. The van der Waals surface area contributed by atoms with E-state index < -0.39 is 0 Å². The summed E-state index contributed by atoms with van der Waals surface area (Å²) in [5.41, 5.74) is 5.39. The van der Waals surface area contributed by atoms with Crippen LogP contribution in [0.4, 0.5) is 10.5 Å². The second kappa shape index (κ2) is 11.6. The SMILES string of the molecule is CCCc1nc2ccc(NC(=O)NCc3ccccc3)cc2c(=O)n1Cc1ccc(-c2ccccc2)cc1. The zero-order chi connectivity index (χ0) is 26.3. The van der Waals surface area contributed by atoms with Gasteiger partial charge in [0.2, 0.25) is 0 Å². The van der Waals surface area contributed by atoms with Gasteiger partial charge in [0.15, 0.2) is 0 Å². The van der Waals surface area contributed by atoms with Crippen molar-refractivity contribution in [3.05, 3.63) is 130 Å². The lowest BCUT2D eigenvalue weighted by molar-refractivity contribution is 0.251. The van der Waals surface area contributed by atoms with Gasteiger partial charge in [0.05, 0.1) is 17.4 Å². The van der Waals surface area contributed by atoms with Gasteiger partial charge < -0.3 is 10.6 Å². The van der Waals surface area contributed by atoms with Gasteiger partial charge in [0, 0.05) is 18.7 Å². The van der Waals surface area contributed by atoms with Gasteiger partial charge in [-0.25, -0.2) is 9.78 Å². The van der Waals surface area contributed by atoms with Crippen LogP contribution in [0.3, 0.4) is 0 Å². The Morgan fingerprint density at radius 1 is 0.816 bits per heavy atom. The van der Waals surface area contributed by atoms with E-state index >= 15 is 0 Å². The average molecular weight is 503 g/mol. The predicted molar refractivity (Wildman–Crippen MR) is 153 cm³/mol. The topological polar surface area (TPSA) is 76.0 Å². The highest BCUT2D eigenvalue weighted by atomic mass is 16.2. The van der Waals surface area contributed by atoms with Crippen molar-refractivity contribution in [1.29, 1.82) is 0 Å². The van der Waals surface area contributed by atoms with Crippen molar-refractivity contribution in [2.24, 2.45) is 0 Å². The molecular formula is C32H30N4O2. The third kappa shape index (κ3) is 5.81. The fourth-order valence-electron chi connectivity index (χ4n) is 4.49. The van der Waals surface area contributed by atoms with Crippen molar-refractivity contribution in [1.82, 2.24) is 14.9 Å². The molecule has 0 bridgehead atoms. The molecule has 38 heavy (non-hydrogen) atoms. The number of carbonyl (C=O) groups is 1. The Balaban J connectivity index is 1.39. The van der Waals surface area contributed by atoms with Gasteiger partial charge in [0.1, 0.15) is 5.82 Å². The van der Waals surface area contributed by atoms with Crippen molar-refractivity contribution in [2.45, 2.75) is 32.9 Å². The van der Waals surface area contributed by atoms with Crippen molar-refractivity contribution in [2.75, 3.05) is 5.32 Å². The van der Waals surface area contributed by atoms with Crippen molar-refractivity contribution < 1.29 is 4.79 Å². The zero-order valence-electron chi connectivity index (χ0n) is 21.4. The van der Waals surface area contributed by atoms with Gasteiger partial charge >= 0.3 is 6.03 Å². The molecule has 0 fully saturated rings. The van der Waals surface area contributed by atoms with Crippen LogP contribution in [0.1, 0.15) is 30.3 Å².